The summed E-state index contributed by atoms with van der Waals surface area (Å²) in [4.78, 5) is 16.2. The highest BCUT2D eigenvalue weighted by Gasteiger charge is 2.17. The first kappa shape index (κ1) is 17.0. The fraction of sp³-hybridized carbons (Fsp3) is 0.250. The summed E-state index contributed by atoms with van der Waals surface area (Å²) >= 11 is 0. The number of hydrogen-bond donors (Lipinski definition) is 3. The molecule has 0 spiro atoms. The van der Waals surface area contributed by atoms with E-state index in [0.717, 1.165) is 17.3 Å². The van der Waals surface area contributed by atoms with Crippen LogP contribution in [0, 0.1) is 5.41 Å². The number of pyridine rings is 1. The minimum atomic E-state index is -3.47. The Morgan fingerprint density at radius 1 is 1.36 bits per heavy atom. The van der Waals surface area contributed by atoms with Crippen LogP contribution in [0.4, 0.5) is 5.82 Å². The van der Waals surface area contributed by atoms with Crippen molar-refractivity contribution in [2.24, 2.45) is 0 Å². The van der Waals surface area contributed by atoms with Crippen LogP contribution in [0.15, 0.2) is 36.8 Å². The molecule has 9 heteroatoms. The third-order valence-electron chi connectivity index (χ3n) is 3.67. The Morgan fingerprint density at radius 2 is 2.16 bits per heavy atom. The van der Waals surface area contributed by atoms with Gasteiger partial charge >= 0.3 is 0 Å². The Balaban J connectivity index is 1.87. The van der Waals surface area contributed by atoms with E-state index >= 15 is 0 Å². The third kappa shape index (κ3) is 3.82. The number of sulfone groups is 1. The number of aromatic nitrogens is 4. The van der Waals surface area contributed by atoms with Gasteiger partial charge in [0.1, 0.15) is 16.4 Å². The zero-order chi connectivity index (χ0) is 18.0. The van der Waals surface area contributed by atoms with E-state index in [2.05, 4.69) is 25.3 Å². The minimum Gasteiger partial charge on any atom is -0.367 e. The molecule has 0 bridgehead atoms. The molecule has 0 aromatic carbocycles. The highest BCUT2D eigenvalue weighted by Crippen LogP contribution is 2.25. The normalized spacial score (nSPS) is 12.9. The van der Waals surface area contributed by atoms with Crippen molar-refractivity contribution in [1.82, 2.24) is 19.9 Å². The molecule has 130 valence electrons. The number of fused-ring (bicyclic) bond motifs is 1. The fourth-order valence-electron chi connectivity index (χ4n) is 2.40. The molecule has 0 fully saturated rings. The maximum atomic E-state index is 11.4. The van der Waals surface area contributed by atoms with Gasteiger partial charge in [0.05, 0.1) is 11.9 Å². The van der Waals surface area contributed by atoms with E-state index < -0.39 is 9.84 Å². The lowest BCUT2D eigenvalue weighted by Crippen LogP contribution is -2.24. The molecular formula is C16H18N6O2S. The highest BCUT2D eigenvalue weighted by atomic mass is 32.2. The van der Waals surface area contributed by atoms with E-state index in [1.165, 1.54) is 0 Å². The largest absolute Gasteiger partial charge is 0.367 e. The first-order valence-corrected chi connectivity index (χ1v) is 9.53. The lowest BCUT2D eigenvalue weighted by atomic mass is 10.1. The molecular weight excluding hydrogens is 340 g/mol. The Bertz CT molecular complexity index is 1030. The molecule has 3 heterocycles. The minimum absolute atomic E-state index is 0.0807. The van der Waals surface area contributed by atoms with Crippen molar-refractivity contribution in [1.29, 1.82) is 5.41 Å². The lowest BCUT2D eigenvalue weighted by molar-refractivity contribution is 0.610. The molecule has 3 N–H and O–H groups in total. The predicted molar refractivity (Wildman–Crippen MR) is 97.4 cm³/mol. The highest BCUT2D eigenvalue weighted by molar-refractivity contribution is 8.05. The zero-order valence-corrected chi connectivity index (χ0v) is 14.6. The molecule has 8 nitrogen and oxygen atoms in total. The van der Waals surface area contributed by atoms with Crippen molar-refractivity contribution in [2.45, 2.75) is 19.4 Å². The monoisotopic (exact) mass is 358 g/mol. The van der Waals surface area contributed by atoms with Crippen LogP contribution in [-0.4, -0.2) is 45.7 Å². The van der Waals surface area contributed by atoms with Gasteiger partial charge in [-0.05, 0) is 25.1 Å². The van der Waals surface area contributed by atoms with Gasteiger partial charge in [0, 0.05) is 36.7 Å². The third-order valence-corrected chi connectivity index (χ3v) is 4.73. The van der Waals surface area contributed by atoms with E-state index in [1.807, 2.05) is 12.1 Å². The Hall–Kier alpha value is -2.81. The van der Waals surface area contributed by atoms with Crippen LogP contribution in [0.25, 0.3) is 22.4 Å². The summed E-state index contributed by atoms with van der Waals surface area (Å²) in [5.74, 6) is 0.570. The van der Waals surface area contributed by atoms with Crippen LogP contribution in [0.3, 0.4) is 0 Å². The van der Waals surface area contributed by atoms with Crippen LogP contribution in [-0.2, 0) is 9.84 Å². The van der Waals surface area contributed by atoms with Gasteiger partial charge in [0.2, 0.25) is 0 Å². The van der Waals surface area contributed by atoms with E-state index in [0.29, 0.717) is 17.2 Å². The molecule has 25 heavy (non-hydrogen) atoms. The number of nitrogens with one attached hydrogen (secondary N) is 3. The van der Waals surface area contributed by atoms with Gasteiger partial charge in [0.15, 0.2) is 15.5 Å². The number of rotatable bonds is 5. The molecule has 0 aliphatic heterocycles. The van der Waals surface area contributed by atoms with Crippen molar-refractivity contribution < 1.29 is 8.42 Å². The average Bonchev–Trinajstić information content (AvgIpc) is 3.02. The number of hydrogen-bond acceptors (Lipinski definition) is 7. The van der Waals surface area contributed by atoms with Crippen LogP contribution in [0.5, 0.6) is 0 Å². The quantitative estimate of drug-likeness (QED) is 0.474. The number of H-pyrrole nitrogens is 1. The molecule has 0 aliphatic carbocycles. The van der Waals surface area contributed by atoms with Crippen molar-refractivity contribution in [3.8, 4) is 11.3 Å². The van der Waals surface area contributed by atoms with Gasteiger partial charge in [-0.3, -0.25) is 5.41 Å². The van der Waals surface area contributed by atoms with E-state index in [4.69, 9.17) is 5.41 Å². The van der Waals surface area contributed by atoms with Crippen LogP contribution >= 0.6 is 0 Å². The molecule has 3 aromatic rings. The standard InChI is InChI=1S/C16H18N6O2S/c1-10(8-14(17)25(2,23)24)21-15-11(4-3-6-18-15)13-9-20-16-12(22-13)5-7-19-16/h3-7,9-10,17H,8H2,1-2H3,(H,18,21)(H,19,20)/t10-/m1/s1. The SMILES string of the molecule is C[C@H](CC(=N)S(C)(=O)=O)Nc1ncccc1-c1cnc2[nH]ccc2n1. The fourth-order valence-corrected chi connectivity index (χ4v) is 2.95. The van der Waals surface area contributed by atoms with Gasteiger partial charge in [-0.1, -0.05) is 0 Å². The molecule has 0 aliphatic rings. The molecule has 0 saturated heterocycles. The second kappa shape index (κ2) is 6.60. The smallest absolute Gasteiger partial charge is 0.188 e. The molecule has 0 amide bonds. The van der Waals surface area contributed by atoms with Gasteiger partial charge in [-0.15, -0.1) is 0 Å². The first-order valence-electron chi connectivity index (χ1n) is 7.64. The summed E-state index contributed by atoms with van der Waals surface area (Å²) in [5.41, 5.74) is 2.88. The van der Waals surface area contributed by atoms with Gasteiger partial charge in [-0.2, -0.15) is 0 Å². The second-order valence-corrected chi connectivity index (χ2v) is 7.85. The van der Waals surface area contributed by atoms with Crippen LogP contribution < -0.4 is 5.32 Å². The topological polar surface area (TPSA) is 124 Å². The van der Waals surface area contributed by atoms with Crippen molar-refractivity contribution in [2.75, 3.05) is 11.6 Å². The Kier molecular flexibility index (Phi) is 4.49. The molecule has 3 aromatic heterocycles. The van der Waals surface area contributed by atoms with Crippen LogP contribution in [0.1, 0.15) is 13.3 Å². The summed E-state index contributed by atoms with van der Waals surface area (Å²) in [5, 5.41) is 10.5. The molecule has 3 rings (SSSR count). The first-order chi connectivity index (χ1) is 11.8. The summed E-state index contributed by atoms with van der Waals surface area (Å²) in [6.45, 7) is 1.80. The van der Waals surface area contributed by atoms with Gasteiger partial charge in [-0.25, -0.2) is 23.4 Å². The Morgan fingerprint density at radius 3 is 2.92 bits per heavy atom. The van der Waals surface area contributed by atoms with Crippen molar-refractivity contribution in [3.05, 3.63) is 36.8 Å². The summed E-state index contributed by atoms with van der Waals surface area (Å²) < 4.78 is 22.8. The Labute approximate surface area is 145 Å². The van der Waals surface area contributed by atoms with Gasteiger partial charge in [0.25, 0.3) is 0 Å². The zero-order valence-electron chi connectivity index (χ0n) is 13.8. The average molecular weight is 358 g/mol. The van der Waals surface area contributed by atoms with Crippen molar-refractivity contribution >= 4 is 31.9 Å². The lowest BCUT2D eigenvalue weighted by Gasteiger charge is -2.16. The maximum Gasteiger partial charge on any atom is 0.188 e. The molecule has 0 unspecified atom stereocenters. The van der Waals surface area contributed by atoms with Crippen LogP contribution in [0.2, 0.25) is 0 Å². The number of aromatic amines is 1. The number of nitrogens with zero attached hydrogens (tertiary/aromatic N) is 3. The van der Waals surface area contributed by atoms with E-state index in [9.17, 15) is 8.42 Å². The molecule has 0 radical (unpaired) electrons. The summed E-state index contributed by atoms with van der Waals surface area (Å²) in [7, 11) is -3.47. The maximum absolute atomic E-state index is 11.4. The molecule has 0 saturated carbocycles. The number of anilines is 1. The second-order valence-electron chi connectivity index (χ2n) is 5.81. The molecule has 1 atom stereocenters. The van der Waals surface area contributed by atoms with E-state index in [-0.39, 0.29) is 17.5 Å². The van der Waals surface area contributed by atoms with E-state index in [1.54, 1.807) is 31.6 Å². The summed E-state index contributed by atoms with van der Waals surface area (Å²) in [6.07, 6.45) is 6.19. The van der Waals surface area contributed by atoms with Crippen molar-refractivity contribution in [3.63, 3.8) is 0 Å². The predicted octanol–water partition coefficient (Wildman–Crippen LogP) is 2.23. The summed E-state index contributed by atoms with van der Waals surface area (Å²) in [6, 6.07) is 5.23. The van der Waals surface area contributed by atoms with Gasteiger partial charge < -0.3 is 10.3 Å².